The van der Waals surface area contributed by atoms with Gasteiger partial charge in [0.2, 0.25) is 5.88 Å². The summed E-state index contributed by atoms with van der Waals surface area (Å²) in [6.07, 6.45) is 0.502. The maximum atomic E-state index is 14.4. The first kappa shape index (κ1) is 33.6. The van der Waals surface area contributed by atoms with Crippen LogP contribution in [-0.4, -0.2) is 80.1 Å². The zero-order valence-corrected chi connectivity index (χ0v) is 27.9. The van der Waals surface area contributed by atoms with E-state index in [2.05, 4.69) is 35.0 Å². The molecule has 1 aromatic carbocycles. The molecule has 8 rings (SSSR count). The SMILES string of the molecule is COc1nc2c3c(nc(-c4c(C(F)(F)F)c(C)cc5[nH]ncc45)cc3n1)OC[C@H](C)N2C(C)c1cc(F)cnc1N.FC1CC2CCCN2C1. The Labute approximate surface area is 284 Å². The molecular weight excluding hydrogens is 661 g/mol. The van der Waals surface area contributed by atoms with Crippen LogP contribution in [-0.2, 0) is 6.18 Å². The molecule has 2 fully saturated rings. The van der Waals surface area contributed by atoms with E-state index in [0.717, 1.165) is 19.2 Å². The van der Waals surface area contributed by atoms with Crippen molar-refractivity contribution in [3.05, 3.63) is 53.1 Å². The fourth-order valence-corrected chi connectivity index (χ4v) is 7.48. The molecule has 264 valence electrons. The molecule has 0 amide bonds. The lowest BCUT2D eigenvalue weighted by Gasteiger charge is -2.34. The fourth-order valence-electron chi connectivity index (χ4n) is 7.48. The number of aromatic amines is 1. The number of fused-ring (bicyclic) bond motifs is 2. The van der Waals surface area contributed by atoms with Gasteiger partial charge in [0, 0.05) is 29.1 Å². The van der Waals surface area contributed by atoms with Crippen LogP contribution < -0.4 is 20.1 Å². The molecule has 3 unspecified atom stereocenters. The number of anilines is 2. The zero-order chi connectivity index (χ0) is 35.5. The number of H-pyrrole nitrogens is 1. The Balaban J connectivity index is 0.000000375. The van der Waals surface area contributed by atoms with E-state index in [1.54, 1.807) is 0 Å². The number of ether oxygens (including phenoxy) is 2. The van der Waals surface area contributed by atoms with Crippen molar-refractivity contribution in [2.24, 2.45) is 0 Å². The van der Waals surface area contributed by atoms with Crippen LogP contribution in [0.5, 0.6) is 11.9 Å². The Bertz CT molecular complexity index is 2060. The van der Waals surface area contributed by atoms with Gasteiger partial charge in [0.1, 0.15) is 35.6 Å². The number of rotatable bonds is 4. The van der Waals surface area contributed by atoms with Crippen molar-refractivity contribution in [1.82, 2.24) is 35.0 Å². The van der Waals surface area contributed by atoms with Crippen LogP contribution in [0, 0.1) is 12.7 Å². The van der Waals surface area contributed by atoms with E-state index >= 15 is 0 Å². The summed E-state index contributed by atoms with van der Waals surface area (Å²) >= 11 is 0. The smallest absolute Gasteiger partial charge is 0.417 e. The van der Waals surface area contributed by atoms with Crippen molar-refractivity contribution in [2.45, 2.75) is 70.5 Å². The lowest BCUT2D eigenvalue weighted by Crippen LogP contribution is -2.39. The number of nitrogen functional groups attached to an aromatic ring is 1. The first-order valence-electron chi connectivity index (χ1n) is 16.3. The van der Waals surface area contributed by atoms with Gasteiger partial charge in [-0.1, -0.05) is 0 Å². The summed E-state index contributed by atoms with van der Waals surface area (Å²) in [5, 5.41) is 7.31. The molecule has 3 N–H and O–H groups in total. The summed E-state index contributed by atoms with van der Waals surface area (Å²) in [6.45, 7) is 7.00. The highest BCUT2D eigenvalue weighted by Gasteiger charge is 2.39. The Morgan fingerprint density at radius 2 is 1.94 bits per heavy atom. The summed E-state index contributed by atoms with van der Waals surface area (Å²) in [4.78, 5) is 21.7. The second-order valence-corrected chi connectivity index (χ2v) is 13.0. The number of methoxy groups -OCH3 is 1. The van der Waals surface area contributed by atoms with Crippen molar-refractivity contribution < 1.29 is 31.4 Å². The summed E-state index contributed by atoms with van der Waals surface area (Å²) < 4.78 is 81.5. The lowest BCUT2D eigenvalue weighted by molar-refractivity contribution is -0.137. The second kappa shape index (κ2) is 12.8. The molecule has 0 bridgehead atoms. The van der Waals surface area contributed by atoms with E-state index in [1.807, 2.05) is 18.7 Å². The maximum absolute atomic E-state index is 14.4. The Kier molecular flexibility index (Phi) is 8.60. The highest BCUT2D eigenvalue weighted by molar-refractivity contribution is 6.01. The molecule has 3 aliphatic rings. The molecule has 16 heteroatoms. The average Bonchev–Trinajstić information content (AvgIpc) is 3.78. The third-order valence-electron chi connectivity index (χ3n) is 9.70. The highest BCUT2D eigenvalue weighted by Crippen LogP contribution is 2.46. The van der Waals surface area contributed by atoms with Gasteiger partial charge < -0.3 is 20.1 Å². The molecule has 7 heterocycles. The monoisotopic (exact) mass is 697 g/mol. The van der Waals surface area contributed by atoms with Gasteiger partial charge in [0.05, 0.1) is 53.9 Å². The van der Waals surface area contributed by atoms with Crippen LogP contribution in [0.3, 0.4) is 0 Å². The van der Waals surface area contributed by atoms with Gasteiger partial charge in [0.25, 0.3) is 0 Å². The van der Waals surface area contributed by atoms with Crippen molar-refractivity contribution in [3.8, 4) is 23.1 Å². The van der Waals surface area contributed by atoms with Gasteiger partial charge >= 0.3 is 12.2 Å². The van der Waals surface area contributed by atoms with Gasteiger partial charge in [-0.2, -0.15) is 28.2 Å². The van der Waals surface area contributed by atoms with Crippen molar-refractivity contribution in [3.63, 3.8) is 0 Å². The molecule has 11 nitrogen and oxygen atoms in total. The first-order chi connectivity index (χ1) is 23.8. The largest absolute Gasteiger partial charge is 0.475 e. The minimum absolute atomic E-state index is 0.00523. The molecular formula is C34H36F5N9O2. The first-order valence-corrected chi connectivity index (χ1v) is 16.3. The number of hydrogen-bond acceptors (Lipinski definition) is 10. The number of benzene rings is 1. The molecule has 4 aromatic heterocycles. The third-order valence-corrected chi connectivity index (χ3v) is 9.70. The van der Waals surface area contributed by atoms with E-state index in [0.29, 0.717) is 34.9 Å². The number of aryl methyl sites for hydroxylation is 1. The molecule has 2 saturated heterocycles. The van der Waals surface area contributed by atoms with Gasteiger partial charge in [-0.3, -0.25) is 10.00 Å². The van der Waals surface area contributed by atoms with Crippen LogP contribution in [0.1, 0.15) is 55.8 Å². The highest BCUT2D eigenvalue weighted by atomic mass is 19.4. The Morgan fingerprint density at radius 1 is 1.14 bits per heavy atom. The number of nitrogens with two attached hydrogens (primary N) is 1. The number of nitrogens with zero attached hydrogens (tertiary/aromatic N) is 7. The molecule has 50 heavy (non-hydrogen) atoms. The lowest BCUT2D eigenvalue weighted by atomic mass is 9.94. The second-order valence-electron chi connectivity index (χ2n) is 13.0. The Hall–Kier alpha value is -4.86. The normalized spacial score (nSPS) is 21.1. The maximum Gasteiger partial charge on any atom is 0.417 e. The number of aromatic nitrogens is 6. The van der Waals surface area contributed by atoms with Crippen molar-refractivity contribution in [1.29, 1.82) is 0 Å². The number of alkyl halides is 4. The van der Waals surface area contributed by atoms with Gasteiger partial charge in [-0.05, 0) is 70.3 Å². The fraction of sp³-hybridized carbons (Fsp3) is 0.441. The number of hydrogen-bond donors (Lipinski definition) is 2. The standard InChI is InChI=1S/C27H24F4N8O2.C7H12FN/c1-11-5-17-16(9-34-38-17)20(22(11)27(29,30)31)18-7-19-21-24(37-26(36-19)40-4)39(12(2)10-41-25(21)35-18)13(3)15-6-14(28)8-33-23(15)32;8-6-4-7-2-1-3-9(7)5-6/h5-9,12-13H,10H2,1-4H3,(H2,32,33)(H,34,38);6-7H,1-5H2/t12-,13?;/m0./s1. The van der Waals surface area contributed by atoms with Gasteiger partial charge in [0.15, 0.2) is 0 Å². The van der Waals surface area contributed by atoms with E-state index in [4.69, 9.17) is 15.2 Å². The van der Waals surface area contributed by atoms with Gasteiger partial charge in [-0.15, -0.1) is 0 Å². The molecule has 5 aromatic rings. The van der Waals surface area contributed by atoms with Crippen LogP contribution in [0.25, 0.3) is 33.1 Å². The van der Waals surface area contributed by atoms with E-state index in [1.165, 1.54) is 51.3 Å². The quantitative estimate of drug-likeness (QED) is 0.199. The predicted octanol–water partition coefficient (Wildman–Crippen LogP) is 6.56. The zero-order valence-electron chi connectivity index (χ0n) is 27.9. The average molecular weight is 698 g/mol. The number of halogens is 5. The van der Waals surface area contributed by atoms with Gasteiger partial charge in [-0.25, -0.2) is 18.7 Å². The Morgan fingerprint density at radius 3 is 2.68 bits per heavy atom. The van der Waals surface area contributed by atoms with Crippen LogP contribution in [0.15, 0.2) is 30.6 Å². The number of nitrogens with one attached hydrogen (secondary N) is 1. The number of pyridine rings is 2. The minimum Gasteiger partial charge on any atom is -0.475 e. The summed E-state index contributed by atoms with van der Waals surface area (Å²) in [5.41, 5.74) is 6.22. The molecule has 3 aliphatic heterocycles. The van der Waals surface area contributed by atoms with Crippen molar-refractivity contribution in [2.75, 3.05) is 37.4 Å². The summed E-state index contributed by atoms with van der Waals surface area (Å²) in [5.74, 6) is -0.0179. The van der Waals surface area contributed by atoms with E-state index < -0.39 is 29.8 Å². The van der Waals surface area contributed by atoms with Crippen LogP contribution >= 0.6 is 0 Å². The predicted molar refractivity (Wildman–Crippen MR) is 177 cm³/mol. The van der Waals surface area contributed by atoms with E-state index in [9.17, 15) is 22.0 Å². The third kappa shape index (κ3) is 5.98. The topological polar surface area (TPSA) is 131 Å². The molecule has 0 aliphatic carbocycles. The summed E-state index contributed by atoms with van der Waals surface area (Å²) in [6, 6.07) is 3.83. The molecule has 4 atom stereocenters. The molecule has 0 saturated carbocycles. The van der Waals surface area contributed by atoms with E-state index in [-0.39, 0.29) is 58.1 Å². The van der Waals surface area contributed by atoms with Crippen molar-refractivity contribution >= 4 is 33.4 Å². The minimum atomic E-state index is -4.68. The van der Waals surface area contributed by atoms with Crippen LogP contribution in [0.2, 0.25) is 0 Å². The van der Waals surface area contributed by atoms with Crippen LogP contribution in [0.4, 0.5) is 33.6 Å². The molecule has 0 spiro atoms. The molecule has 0 radical (unpaired) electrons. The summed E-state index contributed by atoms with van der Waals surface area (Å²) in [7, 11) is 1.38.